The Kier molecular flexibility index (Phi) is 4.20. The summed E-state index contributed by atoms with van der Waals surface area (Å²) in [5.74, 6) is 0.724. The van der Waals surface area contributed by atoms with Crippen LogP contribution in [0.4, 0.5) is 0 Å². The molecule has 3 unspecified atom stereocenters. The van der Waals surface area contributed by atoms with Crippen LogP contribution in [-0.2, 0) is 4.74 Å². The summed E-state index contributed by atoms with van der Waals surface area (Å²) in [6.45, 7) is 9.87. The number of ether oxygens (including phenoxy) is 1. The van der Waals surface area contributed by atoms with Crippen LogP contribution in [-0.4, -0.2) is 24.8 Å². The standard InChI is InChI=1S/C11H23NO/c1-5-10(6-2)11-7-12-8(3)9(4)13-11/h8-12H,5-7H2,1-4H3. The average Bonchev–Trinajstić information content (AvgIpc) is 2.13. The van der Waals surface area contributed by atoms with Crippen LogP contribution in [0.5, 0.6) is 0 Å². The van der Waals surface area contributed by atoms with Crippen LogP contribution in [0.25, 0.3) is 0 Å². The van der Waals surface area contributed by atoms with Gasteiger partial charge < -0.3 is 10.1 Å². The zero-order chi connectivity index (χ0) is 9.84. The van der Waals surface area contributed by atoms with E-state index in [0.717, 1.165) is 12.5 Å². The van der Waals surface area contributed by atoms with Crippen molar-refractivity contribution in [3.8, 4) is 0 Å². The summed E-state index contributed by atoms with van der Waals surface area (Å²) in [6, 6.07) is 0.505. The van der Waals surface area contributed by atoms with Crippen LogP contribution in [0.15, 0.2) is 0 Å². The second-order valence-electron chi connectivity index (χ2n) is 4.15. The fourth-order valence-electron chi connectivity index (χ4n) is 2.00. The number of nitrogens with one attached hydrogen (secondary N) is 1. The van der Waals surface area contributed by atoms with Gasteiger partial charge in [0.2, 0.25) is 0 Å². The Morgan fingerprint density at radius 1 is 1.31 bits per heavy atom. The smallest absolute Gasteiger partial charge is 0.0731 e. The van der Waals surface area contributed by atoms with Gasteiger partial charge in [-0.2, -0.15) is 0 Å². The van der Waals surface area contributed by atoms with Gasteiger partial charge in [0.15, 0.2) is 0 Å². The van der Waals surface area contributed by atoms with Crippen molar-refractivity contribution in [1.82, 2.24) is 5.32 Å². The molecule has 2 heteroatoms. The van der Waals surface area contributed by atoms with Crippen molar-refractivity contribution >= 4 is 0 Å². The lowest BCUT2D eigenvalue weighted by Crippen LogP contribution is -2.51. The predicted octanol–water partition coefficient (Wildman–Crippen LogP) is 2.19. The van der Waals surface area contributed by atoms with Gasteiger partial charge in [0.05, 0.1) is 12.2 Å². The lowest BCUT2D eigenvalue weighted by atomic mass is 9.94. The molecule has 0 bridgehead atoms. The first-order valence-corrected chi connectivity index (χ1v) is 5.57. The Labute approximate surface area is 82.0 Å². The molecule has 0 aliphatic carbocycles. The maximum atomic E-state index is 5.98. The first-order valence-electron chi connectivity index (χ1n) is 5.57. The van der Waals surface area contributed by atoms with Crippen LogP contribution in [0.1, 0.15) is 40.5 Å². The molecule has 1 N–H and O–H groups in total. The van der Waals surface area contributed by atoms with E-state index >= 15 is 0 Å². The van der Waals surface area contributed by atoms with Crippen molar-refractivity contribution in [3.63, 3.8) is 0 Å². The molecule has 1 fully saturated rings. The quantitative estimate of drug-likeness (QED) is 0.727. The van der Waals surface area contributed by atoms with E-state index in [1.807, 2.05) is 0 Å². The zero-order valence-electron chi connectivity index (χ0n) is 9.34. The van der Waals surface area contributed by atoms with Crippen molar-refractivity contribution in [3.05, 3.63) is 0 Å². The summed E-state index contributed by atoms with van der Waals surface area (Å²) in [5.41, 5.74) is 0. The molecule has 1 saturated heterocycles. The fraction of sp³-hybridized carbons (Fsp3) is 1.00. The van der Waals surface area contributed by atoms with Crippen molar-refractivity contribution in [2.75, 3.05) is 6.54 Å². The van der Waals surface area contributed by atoms with Crippen molar-refractivity contribution in [2.45, 2.75) is 58.8 Å². The van der Waals surface area contributed by atoms with Gasteiger partial charge >= 0.3 is 0 Å². The molecule has 0 aromatic heterocycles. The van der Waals surface area contributed by atoms with Gasteiger partial charge in [-0.1, -0.05) is 26.7 Å². The van der Waals surface area contributed by atoms with E-state index in [9.17, 15) is 0 Å². The van der Waals surface area contributed by atoms with Crippen LogP contribution >= 0.6 is 0 Å². The van der Waals surface area contributed by atoms with Crippen LogP contribution < -0.4 is 5.32 Å². The molecule has 0 saturated carbocycles. The fourth-order valence-corrected chi connectivity index (χ4v) is 2.00. The van der Waals surface area contributed by atoms with Crippen LogP contribution in [0, 0.1) is 5.92 Å². The molecule has 13 heavy (non-hydrogen) atoms. The average molecular weight is 185 g/mol. The van der Waals surface area contributed by atoms with Crippen LogP contribution in [0.2, 0.25) is 0 Å². The molecule has 1 aliphatic heterocycles. The maximum Gasteiger partial charge on any atom is 0.0731 e. The van der Waals surface area contributed by atoms with Gasteiger partial charge in [-0.05, 0) is 19.8 Å². The molecule has 0 radical (unpaired) electrons. The molecule has 0 aromatic carbocycles. The summed E-state index contributed by atoms with van der Waals surface area (Å²) in [6.07, 6.45) is 3.24. The minimum atomic E-state index is 0.361. The highest BCUT2D eigenvalue weighted by Gasteiger charge is 2.28. The molecule has 2 nitrogen and oxygen atoms in total. The molecule has 0 spiro atoms. The summed E-state index contributed by atoms with van der Waals surface area (Å²) in [4.78, 5) is 0. The van der Waals surface area contributed by atoms with Crippen molar-refractivity contribution in [2.24, 2.45) is 5.92 Å². The summed E-state index contributed by atoms with van der Waals surface area (Å²) in [7, 11) is 0. The highest BCUT2D eigenvalue weighted by atomic mass is 16.5. The molecule has 78 valence electrons. The van der Waals surface area contributed by atoms with E-state index in [2.05, 4.69) is 33.0 Å². The number of rotatable bonds is 3. The molecule has 1 heterocycles. The highest BCUT2D eigenvalue weighted by Crippen LogP contribution is 2.21. The molecule has 1 rings (SSSR count). The van der Waals surface area contributed by atoms with Crippen LogP contribution in [0.3, 0.4) is 0 Å². The molecular weight excluding hydrogens is 162 g/mol. The Hall–Kier alpha value is -0.0800. The number of hydrogen-bond donors (Lipinski definition) is 1. The summed E-state index contributed by atoms with van der Waals surface area (Å²) >= 11 is 0. The van der Waals surface area contributed by atoms with Gasteiger partial charge in [0, 0.05) is 12.6 Å². The number of morpholine rings is 1. The SMILES string of the molecule is CCC(CC)C1CNC(C)C(C)O1. The van der Waals surface area contributed by atoms with E-state index in [-0.39, 0.29) is 0 Å². The summed E-state index contributed by atoms with van der Waals surface area (Å²) in [5, 5.41) is 3.51. The Morgan fingerprint density at radius 2 is 1.92 bits per heavy atom. The Balaban J connectivity index is 2.44. The largest absolute Gasteiger partial charge is 0.372 e. The minimum absolute atomic E-state index is 0.361. The minimum Gasteiger partial charge on any atom is -0.372 e. The first-order chi connectivity index (χ1) is 6.19. The van der Waals surface area contributed by atoms with Gasteiger partial charge in [-0.25, -0.2) is 0 Å². The van der Waals surface area contributed by atoms with E-state index in [1.54, 1.807) is 0 Å². The van der Waals surface area contributed by atoms with Gasteiger partial charge in [-0.15, -0.1) is 0 Å². The van der Waals surface area contributed by atoms with Crippen molar-refractivity contribution in [1.29, 1.82) is 0 Å². The van der Waals surface area contributed by atoms with Gasteiger partial charge in [0.1, 0.15) is 0 Å². The molecule has 0 amide bonds. The van der Waals surface area contributed by atoms with E-state index in [4.69, 9.17) is 4.74 Å². The normalized spacial score (nSPS) is 35.3. The monoisotopic (exact) mass is 185 g/mol. The third kappa shape index (κ3) is 2.68. The highest BCUT2D eigenvalue weighted by molar-refractivity contribution is 4.82. The van der Waals surface area contributed by atoms with Gasteiger partial charge in [0.25, 0.3) is 0 Å². The molecule has 1 aliphatic rings. The van der Waals surface area contributed by atoms with E-state index < -0.39 is 0 Å². The topological polar surface area (TPSA) is 21.3 Å². The molecule has 0 aromatic rings. The molecular formula is C11H23NO. The Bertz CT molecular complexity index is 145. The third-order valence-corrected chi connectivity index (χ3v) is 3.31. The van der Waals surface area contributed by atoms with Crippen molar-refractivity contribution < 1.29 is 4.74 Å². The van der Waals surface area contributed by atoms with E-state index in [1.165, 1.54) is 12.8 Å². The lowest BCUT2D eigenvalue weighted by Gasteiger charge is -2.37. The second-order valence-corrected chi connectivity index (χ2v) is 4.15. The van der Waals surface area contributed by atoms with E-state index in [0.29, 0.717) is 18.2 Å². The molecule has 3 atom stereocenters. The third-order valence-electron chi connectivity index (χ3n) is 3.31. The van der Waals surface area contributed by atoms with Gasteiger partial charge in [-0.3, -0.25) is 0 Å². The summed E-state index contributed by atoms with van der Waals surface area (Å²) < 4.78 is 5.98. The Morgan fingerprint density at radius 3 is 2.38 bits per heavy atom. The first kappa shape index (κ1) is 11.0. The lowest BCUT2D eigenvalue weighted by molar-refractivity contribution is -0.0771. The second kappa shape index (κ2) is 4.97. The number of hydrogen-bond acceptors (Lipinski definition) is 2. The zero-order valence-corrected chi connectivity index (χ0v) is 9.34. The predicted molar refractivity (Wildman–Crippen MR) is 55.9 cm³/mol. The maximum absolute atomic E-state index is 5.98.